The summed E-state index contributed by atoms with van der Waals surface area (Å²) in [6, 6.07) is 13.0. The third-order valence-corrected chi connectivity index (χ3v) is 3.90. The van der Waals surface area contributed by atoms with E-state index in [1.807, 2.05) is 39.0 Å². The Balaban J connectivity index is 1.86. The van der Waals surface area contributed by atoms with E-state index in [0.29, 0.717) is 12.2 Å². The highest BCUT2D eigenvalue weighted by molar-refractivity contribution is 6.00. The Morgan fingerprint density at radius 3 is 2.40 bits per heavy atom. The molecule has 2 aromatic carbocycles. The largest absolute Gasteiger partial charge is 0.494 e. The van der Waals surface area contributed by atoms with Gasteiger partial charge in [0.15, 0.2) is 5.78 Å². The van der Waals surface area contributed by atoms with E-state index in [2.05, 4.69) is 5.32 Å². The lowest BCUT2D eigenvalue weighted by atomic mass is 10.1. The van der Waals surface area contributed by atoms with Crippen molar-refractivity contribution in [1.82, 2.24) is 0 Å². The second-order valence-electron chi connectivity index (χ2n) is 6.16. The number of anilines is 1. The van der Waals surface area contributed by atoms with Crippen LogP contribution in [-0.4, -0.2) is 18.3 Å². The van der Waals surface area contributed by atoms with E-state index in [1.54, 1.807) is 24.3 Å². The van der Waals surface area contributed by atoms with Gasteiger partial charge in [0.25, 0.3) is 0 Å². The van der Waals surface area contributed by atoms with Crippen LogP contribution in [-0.2, 0) is 4.79 Å². The van der Waals surface area contributed by atoms with Crippen molar-refractivity contribution >= 4 is 17.4 Å². The number of rotatable bonds is 8. The molecule has 0 radical (unpaired) electrons. The number of ether oxygens (including phenoxy) is 1. The summed E-state index contributed by atoms with van der Waals surface area (Å²) in [5, 5.41) is 2.88. The molecule has 0 aliphatic rings. The van der Waals surface area contributed by atoms with E-state index < -0.39 is 0 Å². The number of benzene rings is 2. The van der Waals surface area contributed by atoms with Crippen LogP contribution in [0.2, 0.25) is 0 Å². The fourth-order valence-electron chi connectivity index (χ4n) is 2.41. The van der Waals surface area contributed by atoms with Crippen LogP contribution in [0.15, 0.2) is 42.5 Å². The summed E-state index contributed by atoms with van der Waals surface area (Å²) < 4.78 is 5.50. The standard InChI is InChI=1S/C21H25NO3/c1-4-13-25-18-9-7-17(8-10-18)20(23)11-12-21(24)22-19-14-15(2)5-6-16(19)3/h5-10,14H,4,11-13H2,1-3H3,(H,22,24). The molecule has 0 unspecified atom stereocenters. The number of carbonyl (C=O) groups is 2. The predicted molar refractivity (Wildman–Crippen MR) is 100 cm³/mol. The molecular weight excluding hydrogens is 314 g/mol. The SMILES string of the molecule is CCCOc1ccc(C(=O)CCC(=O)Nc2cc(C)ccc2C)cc1. The van der Waals surface area contributed by atoms with Crippen molar-refractivity contribution in [2.75, 3.05) is 11.9 Å². The lowest BCUT2D eigenvalue weighted by Crippen LogP contribution is -2.14. The van der Waals surface area contributed by atoms with E-state index >= 15 is 0 Å². The maximum Gasteiger partial charge on any atom is 0.224 e. The summed E-state index contributed by atoms with van der Waals surface area (Å²) in [7, 11) is 0. The Bertz CT molecular complexity index is 735. The minimum absolute atomic E-state index is 0.0434. The number of aryl methyl sites for hydroxylation is 2. The summed E-state index contributed by atoms with van der Waals surface area (Å²) in [5.74, 6) is 0.564. The molecule has 0 aliphatic heterocycles. The first kappa shape index (κ1) is 18.7. The highest BCUT2D eigenvalue weighted by Gasteiger charge is 2.11. The number of ketones is 1. The summed E-state index contributed by atoms with van der Waals surface area (Å²) >= 11 is 0. The van der Waals surface area contributed by atoms with Gasteiger partial charge >= 0.3 is 0 Å². The Kier molecular flexibility index (Phi) is 6.75. The van der Waals surface area contributed by atoms with Crippen LogP contribution in [0.25, 0.3) is 0 Å². The lowest BCUT2D eigenvalue weighted by Gasteiger charge is -2.09. The van der Waals surface area contributed by atoms with Crippen LogP contribution >= 0.6 is 0 Å². The van der Waals surface area contributed by atoms with Gasteiger partial charge in [0, 0.05) is 24.1 Å². The van der Waals surface area contributed by atoms with E-state index in [9.17, 15) is 9.59 Å². The molecule has 132 valence electrons. The van der Waals surface area contributed by atoms with Crippen molar-refractivity contribution in [3.8, 4) is 5.75 Å². The molecule has 0 spiro atoms. The molecule has 0 saturated heterocycles. The number of hydrogen-bond acceptors (Lipinski definition) is 3. The number of amides is 1. The summed E-state index contributed by atoms with van der Waals surface area (Å²) in [6.45, 7) is 6.63. The second kappa shape index (κ2) is 9.02. The molecule has 0 saturated carbocycles. The van der Waals surface area contributed by atoms with Crippen LogP contribution < -0.4 is 10.1 Å². The van der Waals surface area contributed by atoms with Gasteiger partial charge in [0.2, 0.25) is 5.91 Å². The Labute approximate surface area is 149 Å². The van der Waals surface area contributed by atoms with Gasteiger partial charge in [-0.15, -0.1) is 0 Å². The van der Waals surface area contributed by atoms with Gasteiger partial charge < -0.3 is 10.1 Å². The van der Waals surface area contributed by atoms with Crippen LogP contribution in [0.1, 0.15) is 47.7 Å². The number of Topliss-reactive ketones (excluding diaryl/α,β-unsaturated/α-hetero) is 1. The van der Waals surface area contributed by atoms with E-state index in [-0.39, 0.29) is 24.5 Å². The molecule has 1 amide bonds. The van der Waals surface area contributed by atoms with Crippen molar-refractivity contribution in [2.24, 2.45) is 0 Å². The molecule has 1 N–H and O–H groups in total. The maximum atomic E-state index is 12.2. The minimum Gasteiger partial charge on any atom is -0.494 e. The van der Waals surface area contributed by atoms with Gasteiger partial charge in [-0.05, 0) is 61.7 Å². The molecule has 0 heterocycles. The Hall–Kier alpha value is -2.62. The van der Waals surface area contributed by atoms with Gasteiger partial charge in [-0.2, -0.15) is 0 Å². The molecule has 0 aliphatic carbocycles. The van der Waals surface area contributed by atoms with E-state index in [1.165, 1.54) is 0 Å². The third-order valence-electron chi connectivity index (χ3n) is 3.90. The Morgan fingerprint density at radius 2 is 1.72 bits per heavy atom. The quantitative estimate of drug-likeness (QED) is 0.710. The molecule has 0 fully saturated rings. The first-order chi connectivity index (χ1) is 12.0. The minimum atomic E-state index is -0.148. The van der Waals surface area contributed by atoms with Crippen molar-refractivity contribution < 1.29 is 14.3 Å². The zero-order chi connectivity index (χ0) is 18.2. The van der Waals surface area contributed by atoms with Gasteiger partial charge in [0.05, 0.1) is 6.61 Å². The van der Waals surface area contributed by atoms with Crippen molar-refractivity contribution in [3.63, 3.8) is 0 Å². The summed E-state index contributed by atoms with van der Waals surface area (Å²) in [6.07, 6.45) is 1.29. The summed E-state index contributed by atoms with van der Waals surface area (Å²) in [4.78, 5) is 24.3. The first-order valence-electron chi connectivity index (χ1n) is 8.62. The zero-order valence-corrected chi connectivity index (χ0v) is 15.1. The monoisotopic (exact) mass is 339 g/mol. The predicted octanol–water partition coefficient (Wildman–Crippen LogP) is 4.69. The number of hydrogen-bond donors (Lipinski definition) is 1. The lowest BCUT2D eigenvalue weighted by molar-refractivity contribution is -0.116. The smallest absolute Gasteiger partial charge is 0.224 e. The fourth-order valence-corrected chi connectivity index (χ4v) is 2.41. The van der Waals surface area contributed by atoms with Crippen LogP contribution in [0.3, 0.4) is 0 Å². The zero-order valence-electron chi connectivity index (χ0n) is 15.1. The van der Waals surface area contributed by atoms with Gasteiger partial charge in [0.1, 0.15) is 5.75 Å². The van der Waals surface area contributed by atoms with Gasteiger partial charge in [-0.25, -0.2) is 0 Å². The van der Waals surface area contributed by atoms with E-state index in [4.69, 9.17) is 4.74 Å². The molecule has 2 rings (SSSR count). The van der Waals surface area contributed by atoms with Gasteiger partial charge in [-0.3, -0.25) is 9.59 Å². The fraction of sp³-hybridized carbons (Fsp3) is 0.333. The molecular formula is C21H25NO3. The van der Waals surface area contributed by atoms with Crippen LogP contribution in [0, 0.1) is 13.8 Å². The highest BCUT2D eigenvalue weighted by Crippen LogP contribution is 2.18. The molecule has 0 bridgehead atoms. The van der Waals surface area contributed by atoms with E-state index in [0.717, 1.165) is 29.0 Å². The van der Waals surface area contributed by atoms with Crippen molar-refractivity contribution in [1.29, 1.82) is 0 Å². The average molecular weight is 339 g/mol. The molecule has 0 atom stereocenters. The first-order valence-corrected chi connectivity index (χ1v) is 8.62. The molecule has 4 nitrogen and oxygen atoms in total. The topological polar surface area (TPSA) is 55.4 Å². The highest BCUT2D eigenvalue weighted by atomic mass is 16.5. The van der Waals surface area contributed by atoms with Crippen molar-refractivity contribution in [3.05, 3.63) is 59.2 Å². The summed E-state index contributed by atoms with van der Waals surface area (Å²) in [5.41, 5.74) is 3.49. The molecule has 0 aromatic heterocycles. The third kappa shape index (κ3) is 5.75. The van der Waals surface area contributed by atoms with Crippen molar-refractivity contribution in [2.45, 2.75) is 40.0 Å². The maximum absolute atomic E-state index is 12.2. The molecule has 2 aromatic rings. The van der Waals surface area contributed by atoms with Gasteiger partial charge in [-0.1, -0.05) is 19.1 Å². The number of carbonyl (C=O) groups excluding carboxylic acids is 2. The molecule has 25 heavy (non-hydrogen) atoms. The molecule has 4 heteroatoms. The Morgan fingerprint density at radius 1 is 1.00 bits per heavy atom. The normalized spacial score (nSPS) is 10.4. The second-order valence-corrected chi connectivity index (χ2v) is 6.16. The van der Waals surface area contributed by atoms with Crippen LogP contribution in [0.5, 0.6) is 5.75 Å². The average Bonchev–Trinajstić information content (AvgIpc) is 2.61. The van der Waals surface area contributed by atoms with Crippen LogP contribution in [0.4, 0.5) is 5.69 Å². The number of nitrogens with one attached hydrogen (secondary N) is 1.